The van der Waals surface area contributed by atoms with E-state index in [2.05, 4.69) is 70.5 Å². The van der Waals surface area contributed by atoms with E-state index in [0.29, 0.717) is 6.54 Å². The van der Waals surface area contributed by atoms with Crippen LogP contribution in [0.2, 0.25) is 0 Å². The van der Waals surface area contributed by atoms with Gasteiger partial charge in [-0.05, 0) is 23.1 Å². The zero-order valence-corrected chi connectivity index (χ0v) is 16.5. The van der Waals surface area contributed by atoms with Crippen LogP contribution in [0.5, 0.6) is 0 Å². The number of piperazine rings is 1. The van der Waals surface area contributed by atoms with Crippen molar-refractivity contribution in [3.05, 3.63) is 77.4 Å². The van der Waals surface area contributed by atoms with Crippen LogP contribution < -0.4 is 0 Å². The van der Waals surface area contributed by atoms with Crippen LogP contribution in [-0.2, 0) is 17.8 Å². The molecule has 0 unspecified atom stereocenters. The van der Waals surface area contributed by atoms with E-state index in [1.807, 2.05) is 11.0 Å². The fourth-order valence-electron chi connectivity index (χ4n) is 4.03. The number of nitrogens with zero attached hydrogens (tertiary/aromatic N) is 3. The Hall–Kier alpha value is -2.43. The van der Waals surface area contributed by atoms with Crippen molar-refractivity contribution in [3.8, 4) is 0 Å². The van der Waals surface area contributed by atoms with Gasteiger partial charge in [-0.3, -0.25) is 14.6 Å². The van der Waals surface area contributed by atoms with Crippen molar-refractivity contribution < 1.29 is 4.79 Å². The molecule has 146 valence electrons. The zero-order chi connectivity index (χ0) is 19.2. The van der Waals surface area contributed by atoms with Gasteiger partial charge >= 0.3 is 0 Å². The summed E-state index contributed by atoms with van der Waals surface area (Å²) in [6, 6.07) is 18.9. The van der Waals surface area contributed by atoms with Crippen molar-refractivity contribution >= 4 is 12.0 Å². The quantitative estimate of drug-likeness (QED) is 0.804. The van der Waals surface area contributed by atoms with Gasteiger partial charge in [0.15, 0.2) is 0 Å². The van der Waals surface area contributed by atoms with E-state index in [1.54, 1.807) is 0 Å². The molecule has 0 atom stereocenters. The molecule has 0 aromatic heterocycles. The average Bonchev–Trinajstić information content (AvgIpc) is 2.75. The van der Waals surface area contributed by atoms with Gasteiger partial charge in [-0.25, -0.2) is 0 Å². The third-order valence-corrected chi connectivity index (χ3v) is 5.78. The highest BCUT2D eigenvalue weighted by atomic mass is 16.2. The topological polar surface area (TPSA) is 26.8 Å². The van der Waals surface area contributed by atoms with Crippen LogP contribution in [0.1, 0.15) is 16.7 Å². The predicted molar refractivity (Wildman–Crippen MR) is 114 cm³/mol. The summed E-state index contributed by atoms with van der Waals surface area (Å²) in [5, 5.41) is 0. The maximum atomic E-state index is 12.7. The summed E-state index contributed by atoms with van der Waals surface area (Å²) >= 11 is 0. The van der Waals surface area contributed by atoms with E-state index >= 15 is 0 Å². The van der Waals surface area contributed by atoms with Gasteiger partial charge in [0.2, 0.25) is 5.91 Å². The third kappa shape index (κ3) is 4.89. The first-order valence-electron chi connectivity index (χ1n) is 10.3. The smallest absolute Gasteiger partial charge is 0.237 e. The lowest BCUT2D eigenvalue weighted by molar-refractivity contribution is -0.133. The number of carbonyl (C=O) groups excluding carboxylic acids is 1. The molecule has 0 saturated carbocycles. The number of carbonyl (C=O) groups is 1. The second-order valence-corrected chi connectivity index (χ2v) is 7.72. The first-order valence-corrected chi connectivity index (χ1v) is 10.3. The number of hydrogen-bond acceptors (Lipinski definition) is 3. The first-order chi connectivity index (χ1) is 13.8. The number of hydrogen-bond donors (Lipinski definition) is 0. The van der Waals surface area contributed by atoms with Gasteiger partial charge in [0.25, 0.3) is 0 Å². The van der Waals surface area contributed by atoms with Crippen molar-refractivity contribution in [1.82, 2.24) is 14.7 Å². The molecule has 1 saturated heterocycles. The second kappa shape index (κ2) is 9.18. The SMILES string of the molecule is O=C(CN1CCN(C/C=C/c2ccccc2)CC1)N1CCc2ccccc2C1. The highest BCUT2D eigenvalue weighted by Crippen LogP contribution is 2.18. The van der Waals surface area contributed by atoms with Gasteiger partial charge in [-0.15, -0.1) is 0 Å². The maximum absolute atomic E-state index is 12.7. The summed E-state index contributed by atoms with van der Waals surface area (Å²) in [5.41, 5.74) is 3.94. The van der Waals surface area contributed by atoms with Crippen molar-refractivity contribution in [3.63, 3.8) is 0 Å². The van der Waals surface area contributed by atoms with E-state index in [4.69, 9.17) is 0 Å². The molecule has 4 heteroatoms. The van der Waals surface area contributed by atoms with Crippen molar-refractivity contribution in [2.75, 3.05) is 45.8 Å². The zero-order valence-electron chi connectivity index (χ0n) is 16.5. The summed E-state index contributed by atoms with van der Waals surface area (Å²) in [6.45, 7) is 7.12. The van der Waals surface area contributed by atoms with Gasteiger partial charge < -0.3 is 4.90 Å². The summed E-state index contributed by atoms with van der Waals surface area (Å²) in [6.07, 6.45) is 5.40. The van der Waals surface area contributed by atoms with Crippen LogP contribution in [0.4, 0.5) is 0 Å². The second-order valence-electron chi connectivity index (χ2n) is 7.72. The fraction of sp³-hybridized carbons (Fsp3) is 0.375. The maximum Gasteiger partial charge on any atom is 0.237 e. The number of rotatable bonds is 5. The Morgan fingerprint density at radius 1 is 0.821 bits per heavy atom. The van der Waals surface area contributed by atoms with Gasteiger partial charge in [0.05, 0.1) is 6.54 Å². The summed E-state index contributed by atoms with van der Waals surface area (Å²) in [4.78, 5) is 19.5. The average molecular weight is 376 g/mol. The standard InChI is InChI=1S/C24H29N3O/c28-24(27-14-12-22-10-4-5-11-23(22)19-27)20-26-17-15-25(16-18-26)13-6-9-21-7-2-1-3-8-21/h1-11H,12-20H2/b9-6+. The molecule has 28 heavy (non-hydrogen) atoms. The minimum absolute atomic E-state index is 0.270. The van der Waals surface area contributed by atoms with Crippen molar-refractivity contribution in [2.24, 2.45) is 0 Å². The number of benzene rings is 2. The normalized spacial score (nSPS) is 18.4. The van der Waals surface area contributed by atoms with Gasteiger partial charge in [0, 0.05) is 45.8 Å². The van der Waals surface area contributed by atoms with Crippen LogP contribution in [0.25, 0.3) is 6.08 Å². The molecule has 0 aliphatic carbocycles. The Bertz CT molecular complexity index is 810. The van der Waals surface area contributed by atoms with E-state index < -0.39 is 0 Å². The Kier molecular flexibility index (Phi) is 6.20. The van der Waals surface area contributed by atoms with Crippen molar-refractivity contribution in [2.45, 2.75) is 13.0 Å². The lowest BCUT2D eigenvalue weighted by Gasteiger charge is -2.36. The molecule has 2 aliphatic heterocycles. The Labute approximate surface area is 168 Å². The first kappa shape index (κ1) is 18.9. The Morgan fingerprint density at radius 3 is 2.29 bits per heavy atom. The molecule has 2 aromatic rings. The largest absolute Gasteiger partial charge is 0.337 e. The molecule has 0 radical (unpaired) electrons. The van der Waals surface area contributed by atoms with Crippen molar-refractivity contribution in [1.29, 1.82) is 0 Å². The monoisotopic (exact) mass is 375 g/mol. The lowest BCUT2D eigenvalue weighted by atomic mass is 10.00. The summed E-state index contributed by atoms with van der Waals surface area (Å²) in [5.74, 6) is 0.270. The van der Waals surface area contributed by atoms with Crippen LogP contribution in [0.15, 0.2) is 60.7 Å². The molecule has 4 rings (SSSR count). The van der Waals surface area contributed by atoms with Crippen LogP contribution >= 0.6 is 0 Å². The number of fused-ring (bicyclic) bond motifs is 1. The molecular formula is C24H29N3O. The lowest BCUT2D eigenvalue weighted by Crippen LogP contribution is -2.50. The summed E-state index contributed by atoms with van der Waals surface area (Å²) in [7, 11) is 0. The van der Waals surface area contributed by atoms with Gasteiger partial charge in [0.1, 0.15) is 0 Å². The molecular weight excluding hydrogens is 346 g/mol. The van der Waals surface area contributed by atoms with E-state index in [0.717, 1.165) is 52.2 Å². The Balaban J connectivity index is 1.20. The molecule has 2 aliphatic rings. The molecule has 2 heterocycles. The minimum atomic E-state index is 0.270. The molecule has 1 amide bonds. The highest BCUT2D eigenvalue weighted by molar-refractivity contribution is 5.78. The third-order valence-electron chi connectivity index (χ3n) is 5.78. The molecule has 1 fully saturated rings. The fourth-order valence-corrected chi connectivity index (χ4v) is 4.03. The van der Waals surface area contributed by atoms with E-state index in [-0.39, 0.29) is 5.91 Å². The minimum Gasteiger partial charge on any atom is -0.337 e. The van der Waals surface area contributed by atoms with E-state index in [1.165, 1.54) is 16.7 Å². The van der Waals surface area contributed by atoms with E-state index in [9.17, 15) is 4.79 Å². The summed E-state index contributed by atoms with van der Waals surface area (Å²) < 4.78 is 0. The van der Waals surface area contributed by atoms with Crippen LogP contribution in [0, 0.1) is 0 Å². The van der Waals surface area contributed by atoms with Gasteiger partial charge in [-0.1, -0.05) is 66.7 Å². The van der Waals surface area contributed by atoms with Crippen LogP contribution in [-0.4, -0.2) is 66.4 Å². The van der Waals surface area contributed by atoms with Crippen LogP contribution in [0.3, 0.4) is 0 Å². The molecule has 0 spiro atoms. The molecule has 0 N–H and O–H groups in total. The highest BCUT2D eigenvalue weighted by Gasteiger charge is 2.24. The number of amides is 1. The predicted octanol–water partition coefficient (Wildman–Crippen LogP) is 2.90. The molecule has 0 bridgehead atoms. The molecule has 2 aromatic carbocycles. The molecule has 4 nitrogen and oxygen atoms in total. The van der Waals surface area contributed by atoms with Gasteiger partial charge in [-0.2, -0.15) is 0 Å². The Morgan fingerprint density at radius 2 is 1.50 bits per heavy atom.